The standard InChI is InChI=1S/C66H116N2.Ni/c1-4-7-10-12-14-16-18-20-22-24-26-28-30-32-34-36-38-40-42-44-46-48-52-62-54-50-57-64(59-62)67-61-66(56-9-6-3)68-65-58-51-55-63(60-65)53-49-47-45-43-41-39-37-35-33-31-29-27-25-23-21-19-17-15-13-11-8-5-2;/h50-51,54-55,57-61H,4-49,52-53,56H2,1-3H3;/b67-61-,68-66+;. The van der Waals surface area contributed by atoms with Crippen molar-refractivity contribution in [2.45, 2.75) is 335 Å². The fourth-order valence-corrected chi connectivity index (χ4v) is 10.3. The molecule has 69 heavy (non-hydrogen) atoms. The van der Waals surface area contributed by atoms with Crippen LogP contribution in [0.25, 0.3) is 0 Å². The predicted octanol–water partition coefficient (Wildman–Crippen LogP) is 23.6. The van der Waals surface area contributed by atoms with E-state index in [4.69, 9.17) is 9.98 Å². The minimum absolute atomic E-state index is 0. The summed E-state index contributed by atoms with van der Waals surface area (Å²) >= 11 is 0. The van der Waals surface area contributed by atoms with Gasteiger partial charge in [0.05, 0.1) is 17.1 Å². The number of hydrogen-bond acceptors (Lipinski definition) is 2. The van der Waals surface area contributed by atoms with Crippen molar-refractivity contribution in [1.82, 2.24) is 0 Å². The molecule has 2 nitrogen and oxygen atoms in total. The van der Waals surface area contributed by atoms with Crippen LogP contribution in [0, 0.1) is 0 Å². The van der Waals surface area contributed by atoms with Crippen LogP contribution < -0.4 is 0 Å². The normalized spacial score (nSPS) is 11.8. The van der Waals surface area contributed by atoms with E-state index in [0.717, 1.165) is 42.8 Å². The Bertz CT molecular complexity index is 1400. The Morgan fingerprint density at radius 1 is 0.319 bits per heavy atom. The molecule has 2 aromatic carbocycles. The quantitative estimate of drug-likeness (QED) is 0.0358. The van der Waals surface area contributed by atoms with Gasteiger partial charge >= 0.3 is 0 Å². The molecule has 2 rings (SSSR count). The molecule has 0 saturated carbocycles. The van der Waals surface area contributed by atoms with E-state index in [1.165, 1.54) is 300 Å². The molecule has 0 aliphatic carbocycles. The molecule has 0 N–H and O–H groups in total. The molecular weight excluding hydrogens is 879 g/mol. The molecule has 0 fully saturated rings. The second-order valence-corrected chi connectivity index (χ2v) is 21.7. The summed E-state index contributed by atoms with van der Waals surface area (Å²) in [5, 5.41) is 0. The van der Waals surface area contributed by atoms with Gasteiger partial charge in [0.2, 0.25) is 0 Å². The maximum absolute atomic E-state index is 5.14. The average molecular weight is 996 g/mol. The van der Waals surface area contributed by atoms with Gasteiger partial charge < -0.3 is 0 Å². The van der Waals surface area contributed by atoms with E-state index in [-0.39, 0.29) is 16.5 Å². The Morgan fingerprint density at radius 3 is 0.884 bits per heavy atom. The smallest absolute Gasteiger partial charge is 0.0636 e. The van der Waals surface area contributed by atoms with Gasteiger partial charge in [0.25, 0.3) is 0 Å². The summed E-state index contributed by atoms with van der Waals surface area (Å²) in [4.78, 5) is 10.1. The van der Waals surface area contributed by atoms with E-state index in [2.05, 4.69) is 69.3 Å². The Balaban J connectivity index is 0.0000238. The summed E-state index contributed by atoms with van der Waals surface area (Å²) in [5.74, 6) is 0. The average Bonchev–Trinajstić information content (AvgIpc) is 3.35. The first kappa shape index (κ1) is 65.3. The van der Waals surface area contributed by atoms with Crippen LogP contribution in [-0.2, 0) is 29.3 Å². The van der Waals surface area contributed by atoms with E-state index in [9.17, 15) is 0 Å². The third-order valence-electron chi connectivity index (χ3n) is 14.9. The monoisotopic (exact) mass is 995 g/mol. The van der Waals surface area contributed by atoms with Gasteiger partial charge in [-0.25, -0.2) is 0 Å². The van der Waals surface area contributed by atoms with Crippen molar-refractivity contribution < 1.29 is 16.5 Å². The first-order valence-corrected chi connectivity index (χ1v) is 31.0. The number of benzene rings is 2. The molecule has 0 aromatic heterocycles. The van der Waals surface area contributed by atoms with Crippen LogP contribution in [0.2, 0.25) is 0 Å². The topological polar surface area (TPSA) is 24.7 Å². The van der Waals surface area contributed by atoms with Crippen molar-refractivity contribution in [3.8, 4) is 0 Å². The number of hydrogen-bond donors (Lipinski definition) is 0. The fourth-order valence-electron chi connectivity index (χ4n) is 10.3. The van der Waals surface area contributed by atoms with E-state index >= 15 is 0 Å². The minimum atomic E-state index is 0. The summed E-state index contributed by atoms with van der Waals surface area (Å²) in [6, 6.07) is 17.9. The second-order valence-electron chi connectivity index (χ2n) is 21.7. The van der Waals surface area contributed by atoms with Crippen LogP contribution in [0.15, 0.2) is 58.5 Å². The van der Waals surface area contributed by atoms with E-state index in [1.54, 1.807) is 0 Å². The summed E-state index contributed by atoms with van der Waals surface area (Å²) in [5.41, 5.74) is 6.08. The zero-order valence-electron chi connectivity index (χ0n) is 46.6. The van der Waals surface area contributed by atoms with Crippen LogP contribution in [0.3, 0.4) is 0 Å². The van der Waals surface area contributed by atoms with Crippen molar-refractivity contribution in [3.05, 3.63) is 59.7 Å². The van der Waals surface area contributed by atoms with Crippen molar-refractivity contribution in [1.29, 1.82) is 0 Å². The number of aryl methyl sites for hydroxylation is 2. The Morgan fingerprint density at radius 2 is 0.580 bits per heavy atom. The molecule has 400 valence electrons. The SMILES string of the molecule is CCCCCCCCCCCCCCCCCCCCCCCCc1cccc(/N=C\C(CCCC)=N\c2cccc(CCCCCCCCCCCCCCCCCCCCCCCC)c2)c1.[Ni]. The van der Waals surface area contributed by atoms with Crippen molar-refractivity contribution in [3.63, 3.8) is 0 Å². The van der Waals surface area contributed by atoms with Gasteiger partial charge in [-0.1, -0.05) is 321 Å². The summed E-state index contributed by atoms with van der Waals surface area (Å²) in [6.45, 7) is 6.88. The van der Waals surface area contributed by atoms with E-state index in [1.807, 2.05) is 6.21 Å². The van der Waals surface area contributed by atoms with Crippen molar-refractivity contribution in [2.24, 2.45) is 9.98 Å². The van der Waals surface area contributed by atoms with E-state index < -0.39 is 0 Å². The van der Waals surface area contributed by atoms with Crippen molar-refractivity contribution in [2.75, 3.05) is 0 Å². The molecule has 2 aromatic rings. The van der Waals surface area contributed by atoms with Crippen LogP contribution in [0.1, 0.15) is 334 Å². The van der Waals surface area contributed by atoms with Crippen LogP contribution in [0.5, 0.6) is 0 Å². The fraction of sp³-hybridized carbons (Fsp3) is 0.788. The molecule has 0 bridgehead atoms. The zero-order valence-corrected chi connectivity index (χ0v) is 47.5. The Kier molecular flexibility index (Phi) is 49.8. The third-order valence-corrected chi connectivity index (χ3v) is 14.9. The summed E-state index contributed by atoms with van der Waals surface area (Å²) in [6.07, 6.45) is 70.9. The summed E-state index contributed by atoms with van der Waals surface area (Å²) < 4.78 is 0. The summed E-state index contributed by atoms with van der Waals surface area (Å²) in [7, 11) is 0. The molecule has 0 spiro atoms. The second kappa shape index (κ2) is 52.6. The number of rotatable bonds is 52. The Labute approximate surface area is 442 Å². The predicted molar refractivity (Wildman–Crippen MR) is 310 cm³/mol. The van der Waals surface area contributed by atoms with Gasteiger partial charge in [0, 0.05) is 22.7 Å². The molecule has 0 atom stereocenters. The maximum Gasteiger partial charge on any atom is 0.0636 e. The van der Waals surface area contributed by atoms with Gasteiger partial charge in [0.1, 0.15) is 0 Å². The van der Waals surface area contributed by atoms with Crippen LogP contribution >= 0.6 is 0 Å². The molecule has 0 saturated heterocycles. The first-order chi connectivity index (χ1) is 33.7. The number of nitrogens with zero attached hydrogens (tertiary/aromatic N) is 2. The van der Waals surface area contributed by atoms with Gasteiger partial charge in [-0.05, 0) is 73.9 Å². The molecular formula is C66H116N2Ni. The van der Waals surface area contributed by atoms with Crippen LogP contribution in [0.4, 0.5) is 11.4 Å². The third kappa shape index (κ3) is 43.6. The van der Waals surface area contributed by atoms with Gasteiger partial charge in [0.15, 0.2) is 0 Å². The molecule has 0 amide bonds. The molecule has 0 radical (unpaired) electrons. The van der Waals surface area contributed by atoms with Crippen LogP contribution in [-0.4, -0.2) is 11.9 Å². The Hall–Kier alpha value is -1.73. The molecule has 0 unspecified atom stereocenters. The largest absolute Gasteiger partial charge is 0.255 e. The number of unbranched alkanes of at least 4 members (excludes halogenated alkanes) is 43. The zero-order chi connectivity index (χ0) is 48.3. The molecule has 0 aliphatic heterocycles. The van der Waals surface area contributed by atoms with Gasteiger partial charge in [-0.2, -0.15) is 0 Å². The first-order valence-electron chi connectivity index (χ1n) is 31.0. The molecule has 0 heterocycles. The van der Waals surface area contributed by atoms with Gasteiger partial charge in [-0.15, -0.1) is 0 Å². The van der Waals surface area contributed by atoms with E-state index in [0.29, 0.717) is 0 Å². The molecule has 0 aliphatic rings. The molecule has 3 heteroatoms. The minimum Gasteiger partial charge on any atom is -0.255 e. The van der Waals surface area contributed by atoms with Crippen molar-refractivity contribution >= 4 is 23.3 Å². The van der Waals surface area contributed by atoms with Gasteiger partial charge in [-0.3, -0.25) is 9.98 Å². The number of aliphatic imine (C=N–C) groups is 2. The maximum atomic E-state index is 5.14.